The number of nitrogen functional groups attached to an aromatic ring is 1. The summed E-state index contributed by atoms with van der Waals surface area (Å²) < 4.78 is 40.3. The quantitative estimate of drug-likeness (QED) is 0.832. The topological polar surface area (TPSA) is 72.2 Å². The molecule has 2 rings (SSSR count). The predicted octanol–water partition coefficient (Wildman–Crippen LogP) is 2.24. The van der Waals surface area contributed by atoms with Crippen molar-refractivity contribution in [2.24, 2.45) is 0 Å². The van der Waals surface area contributed by atoms with Crippen molar-refractivity contribution in [2.75, 3.05) is 12.3 Å². The Morgan fingerprint density at radius 2 is 1.86 bits per heavy atom. The van der Waals surface area contributed by atoms with Crippen molar-refractivity contribution >= 4 is 15.7 Å². The largest absolute Gasteiger partial charge is 0.398 e. The molecule has 0 heterocycles. The van der Waals surface area contributed by atoms with Gasteiger partial charge in [0.2, 0.25) is 10.0 Å². The van der Waals surface area contributed by atoms with Gasteiger partial charge in [0.05, 0.1) is 5.69 Å². The monoisotopic (exact) mass is 308 g/mol. The summed E-state index contributed by atoms with van der Waals surface area (Å²) in [6.07, 6.45) is 0.528. The highest BCUT2D eigenvalue weighted by Crippen LogP contribution is 2.21. The fourth-order valence-electron chi connectivity index (χ4n) is 2.09. The fraction of sp³-hybridized carbons (Fsp3) is 0.200. The van der Waals surface area contributed by atoms with E-state index < -0.39 is 20.7 Å². The standard InChI is InChI=1S/C15H17FN2O2S/c1-11-5-2-3-6-12(11)9-10-18-21(19,20)15-13(16)7-4-8-14(15)17/h2-8,18H,9-10,17H2,1H3. The molecule has 2 aromatic carbocycles. The van der Waals surface area contributed by atoms with E-state index in [-0.39, 0.29) is 12.2 Å². The van der Waals surface area contributed by atoms with Gasteiger partial charge >= 0.3 is 0 Å². The summed E-state index contributed by atoms with van der Waals surface area (Å²) in [6.45, 7) is 2.14. The number of nitrogens with one attached hydrogen (secondary N) is 1. The van der Waals surface area contributed by atoms with Crippen molar-refractivity contribution in [3.05, 3.63) is 59.4 Å². The van der Waals surface area contributed by atoms with Crippen LogP contribution in [-0.2, 0) is 16.4 Å². The second-order valence-corrected chi connectivity index (χ2v) is 6.44. The van der Waals surface area contributed by atoms with Crippen molar-refractivity contribution in [1.82, 2.24) is 4.72 Å². The lowest BCUT2D eigenvalue weighted by Crippen LogP contribution is -2.27. The molecule has 0 spiro atoms. The summed E-state index contributed by atoms with van der Waals surface area (Å²) in [5, 5.41) is 0. The highest BCUT2D eigenvalue weighted by molar-refractivity contribution is 7.89. The maximum absolute atomic E-state index is 13.7. The highest BCUT2D eigenvalue weighted by atomic mass is 32.2. The third-order valence-electron chi connectivity index (χ3n) is 3.21. The minimum atomic E-state index is -3.95. The van der Waals surface area contributed by atoms with E-state index in [1.54, 1.807) is 0 Å². The van der Waals surface area contributed by atoms with E-state index in [4.69, 9.17) is 5.73 Å². The highest BCUT2D eigenvalue weighted by Gasteiger charge is 2.21. The van der Waals surface area contributed by atoms with Gasteiger partial charge in [-0.1, -0.05) is 30.3 Å². The number of aryl methyl sites for hydroxylation is 1. The van der Waals surface area contributed by atoms with Crippen molar-refractivity contribution in [2.45, 2.75) is 18.2 Å². The van der Waals surface area contributed by atoms with E-state index in [9.17, 15) is 12.8 Å². The average Bonchev–Trinajstić information content (AvgIpc) is 2.40. The van der Waals surface area contributed by atoms with Crippen LogP contribution in [0, 0.1) is 12.7 Å². The Morgan fingerprint density at radius 3 is 2.52 bits per heavy atom. The molecular formula is C15H17FN2O2S. The number of sulfonamides is 1. The summed E-state index contributed by atoms with van der Waals surface area (Å²) in [4.78, 5) is -0.491. The molecule has 0 saturated heterocycles. The number of nitrogens with two attached hydrogens (primary N) is 1. The van der Waals surface area contributed by atoms with E-state index in [0.717, 1.165) is 17.2 Å². The lowest BCUT2D eigenvalue weighted by Gasteiger charge is -2.10. The first-order chi connectivity index (χ1) is 9.92. The molecule has 2 aromatic rings. The molecule has 0 unspecified atom stereocenters. The zero-order chi connectivity index (χ0) is 15.5. The van der Waals surface area contributed by atoms with Crippen molar-refractivity contribution in [1.29, 1.82) is 0 Å². The number of hydrogen-bond donors (Lipinski definition) is 2. The minimum Gasteiger partial charge on any atom is -0.398 e. The zero-order valence-corrected chi connectivity index (χ0v) is 12.5. The number of anilines is 1. The Labute approximate surface area is 123 Å². The van der Waals surface area contributed by atoms with E-state index in [0.29, 0.717) is 6.42 Å². The Morgan fingerprint density at radius 1 is 1.14 bits per heavy atom. The Bertz CT molecular complexity index is 725. The summed E-state index contributed by atoms with van der Waals surface area (Å²) in [7, 11) is -3.95. The Kier molecular flexibility index (Phi) is 4.59. The third kappa shape index (κ3) is 3.59. The molecule has 0 bridgehead atoms. The van der Waals surface area contributed by atoms with Crippen LogP contribution in [0.25, 0.3) is 0 Å². The van der Waals surface area contributed by atoms with E-state index in [1.165, 1.54) is 12.1 Å². The Hall–Kier alpha value is -1.92. The summed E-state index contributed by atoms with van der Waals surface area (Å²) in [6, 6.07) is 11.5. The molecule has 0 saturated carbocycles. The minimum absolute atomic E-state index is 0.0987. The molecule has 4 nitrogen and oxygen atoms in total. The van der Waals surface area contributed by atoms with Crippen LogP contribution < -0.4 is 10.5 Å². The normalized spacial score (nSPS) is 11.5. The number of hydrogen-bond acceptors (Lipinski definition) is 3. The van der Waals surface area contributed by atoms with Crippen LogP contribution in [0.1, 0.15) is 11.1 Å². The number of halogens is 1. The molecule has 6 heteroatoms. The maximum Gasteiger partial charge on any atom is 0.245 e. The van der Waals surface area contributed by atoms with Gasteiger partial charge in [0.1, 0.15) is 10.7 Å². The predicted molar refractivity (Wildman–Crippen MR) is 80.9 cm³/mol. The van der Waals surface area contributed by atoms with Gasteiger partial charge in [-0.05, 0) is 36.6 Å². The second kappa shape index (κ2) is 6.24. The van der Waals surface area contributed by atoms with E-state index >= 15 is 0 Å². The molecule has 0 aliphatic carbocycles. The van der Waals surface area contributed by atoms with Crippen molar-refractivity contribution in [3.8, 4) is 0 Å². The molecule has 21 heavy (non-hydrogen) atoms. The van der Waals surface area contributed by atoms with Crippen LogP contribution in [-0.4, -0.2) is 15.0 Å². The second-order valence-electron chi connectivity index (χ2n) is 4.73. The van der Waals surface area contributed by atoms with Gasteiger partial charge in [-0.15, -0.1) is 0 Å². The van der Waals surface area contributed by atoms with Gasteiger partial charge in [-0.25, -0.2) is 17.5 Å². The summed E-state index contributed by atoms with van der Waals surface area (Å²) in [5.74, 6) is -0.849. The van der Waals surface area contributed by atoms with Gasteiger partial charge in [0.15, 0.2) is 0 Å². The van der Waals surface area contributed by atoms with Crippen LogP contribution >= 0.6 is 0 Å². The first kappa shape index (κ1) is 15.5. The van der Waals surface area contributed by atoms with Gasteiger partial charge in [-0.2, -0.15) is 0 Å². The molecule has 3 N–H and O–H groups in total. The molecule has 0 atom stereocenters. The van der Waals surface area contributed by atoms with E-state index in [2.05, 4.69) is 4.72 Å². The van der Waals surface area contributed by atoms with Crippen LogP contribution in [0.4, 0.5) is 10.1 Å². The molecular weight excluding hydrogens is 291 g/mol. The molecule has 112 valence electrons. The molecule has 0 radical (unpaired) electrons. The molecule has 0 fully saturated rings. The number of benzene rings is 2. The average molecular weight is 308 g/mol. The van der Waals surface area contributed by atoms with Crippen LogP contribution in [0.5, 0.6) is 0 Å². The first-order valence-electron chi connectivity index (χ1n) is 6.50. The Balaban J connectivity index is 2.11. The fourth-order valence-corrected chi connectivity index (χ4v) is 3.31. The van der Waals surface area contributed by atoms with E-state index in [1.807, 2.05) is 31.2 Å². The third-order valence-corrected chi connectivity index (χ3v) is 4.77. The van der Waals surface area contributed by atoms with Crippen LogP contribution in [0.2, 0.25) is 0 Å². The smallest absolute Gasteiger partial charge is 0.245 e. The summed E-state index contributed by atoms with van der Waals surface area (Å²) in [5.41, 5.74) is 7.59. The lowest BCUT2D eigenvalue weighted by molar-refractivity contribution is 0.558. The first-order valence-corrected chi connectivity index (χ1v) is 7.98. The molecule has 0 amide bonds. The van der Waals surface area contributed by atoms with Gasteiger partial charge in [0.25, 0.3) is 0 Å². The number of rotatable bonds is 5. The van der Waals surface area contributed by atoms with Crippen LogP contribution in [0.3, 0.4) is 0 Å². The molecule has 0 aliphatic rings. The molecule has 0 aliphatic heterocycles. The lowest BCUT2D eigenvalue weighted by atomic mass is 10.1. The zero-order valence-electron chi connectivity index (χ0n) is 11.6. The maximum atomic E-state index is 13.7. The van der Waals surface area contributed by atoms with Crippen molar-refractivity contribution < 1.29 is 12.8 Å². The summed E-state index contributed by atoms with van der Waals surface area (Å²) >= 11 is 0. The van der Waals surface area contributed by atoms with Crippen molar-refractivity contribution in [3.63, 3.8) is 0 Å². The molecule has 0 aromatic heterocycles. The van der Waals surface area contributed by atoms with Crippen LogP contribution in [0.15, 0.2) is 47.4 Å². The van der Waals surface area contributed by atoms with Gasteiger partial charge in [-0.3, -0.25) is 0 Å². The van der Waals surface area contributed by atoms with Gasteiger partial charge < -0.3 is 5.73 Å². The SMILES string of the molecule is Cc1ccccc1CCNS(=O)(=O)c1c(N)cccc1F. The van der Waals surface area contributed by atoms with Gasteiger partial charge in [0, 0.05) is 6.54 Å².